The normalized spacial score (nSPS) is 12.5. The average molecular weight is 384 g/mol. The molecule has 0 fully saturated rings. The number of rotatable bonds is 2. The van der Waals surface area contributed by atoms with Crippen LogP contribution in [0.5, 0.6) is 11.5 Å². The molecule has 0 aliphatic carbocycles. The summed E-state index contributed by atoms with van der Waals surface area (Å²) in [5, 5.41) is 12.7. The number of halogens is 4. The van der Waals surface area contributed by atoms with E-state index in [1.807, 2.05) is 0 Å². The summed E-state index contributed by atoms with van der Waals surface area (Å²) in [7, 11) is -4.50. The van der Waals surface area contributed by atoms with Crippen molar-refractivity contribution in [1.82, 2.24) is 4.98 Å². The van der Waals surface area contributed by atoms with E-state index >= 15 is 0 Å². The Kier molecular flexibility index (Phi) is 3.73. The minimum atomic E-state index is -5.13. The highest BCUT2D eigenvalue weighted by Gasteiger charge is 2.36. The number of nitrogens with zero attached hydrogens (tertiary/aromatic N) is 1. The van der Waals surface area contributed by atoms with Gasteiger partial charge in [-0.05, 0) is 22.6 Å². The molecular formula is C6H4F3IN2O4S. The number of sulfonamides is 1. The molecule has 0 radical (unpaired) electrons. The second-order valence-corrected chi connectivity index (χ2v) is 5.24. The maximum absolute atomic E-state index is 12.1. The van der Waals surface area contributed by atoms with Crippen molar-refractivity contribution < 1.29 is 31.4 Å². The van der Waals surface area contributed by atoms with Gasteiger partial charge >= 0.3 is 6.36 Å². The lowest BCUT2D eigenvalue weighted by atomic mass is 10.4. The zero-order valence-electron chi connectivity index (χ0n) is 7.69. The molecule has 0 atom stereocenters. The molecule has 1 rings (SSSR count). The zero-order chi connectivity index (χ0) is 13.4. The third kappa shape index (κ3) is 3.57. The van der Waals surface area contributed by atoms with Crippen LogP contribution in [0.1, 0.15) is 0 Å². The molecule has 1 aromatic heterocycles. The summed E-state index contributed by atoms with van der Waals surface area (Å²) in [5.74, 6) is -1.81. The number of hydrogen-bond acceptors (Lipinski definition) is 5. The van der Waals surface area contributed by atoms with Gasteiger partial charge in [0.1, 0.15) is 3.57 Å². The predicted molar refractivity (Wildman–Crippen MR) is 56.7 cm³/mol. The first-order chi connectivity index (χ1) is 7.52. The molecule has 17 heavy (non-hydrogen) atoms. The van der Waals surface area contributed by atoms with Gasteiger partial charge in [0, 0.05) is 0 Å². The fraction of sp³-hybridized carbons (Fsp3) is 0.167. The number of aromatic hydroxyl groups is 1. The van der Waals surface area contributed by atoms with E-state index in [1.165, 1.54) is 22.6 Å². The van der Waals surface area contributed by atoms with E-state index < -0.39 is 36.5 Å². The Morgan fingerprint density at radius 3 is 2.41 bits per heavy atom. The predicted octanol–water partition coefficient (Wildman–Crippen LogP) is 0.938. The van der Waals surface area contributed by atoms with Gasteiger partial charge in [-0.1, -0.05) is 0 Å². The number of hydrogen-bond donors (Lipinski definition) is 2. The van der Waals surface area contributed by atoms with Gasteiger partial charge in [-0.15, -0.1) is 13.2 Å². The van der Waals surface area contributed by atoms with E-state index in [9.17, 15) is 21.6 Å². The Hall–Kier alpha value is -0.820. The molecular weight excluding hydrogens is 380 g/mol. The van der Waals surface area contributed by atoms with Crippen LogP contribution in [0.15, 0.2) is 11.2 Å². The summed E-state index contributed by atoms with van der Waals surface area (Å²) in [6, 6.07) is 0. The van der Waals surface area contributed by atoms with Crippen LogP contribution in [-0.4, -0.2) is 24.9 Å². The Morgan fingerprint density at radius 2 is 2.00 bits per heavy atom. The summed E-state index contributed by atoms with van der Waals surface area (Å²) in [6.07, 6.45) is -4.47. The van der Waals surface area contributed by atoms with Crippen LogP contribution < -0.4 is 9.88 Å². The number of nitrogens with two attached hydrogens (primary N) is 1. The van der Waals surface area contributed by atoms with E-state index in [1.54, 1.807) is 0 Å². The standard InChI is InChI=1S/C6H4F3IN2O4S/c7-6(8,9)16-4-3(10)2(13)1-12-5(4)17(11,14)15/h1,13H,(H2,11,14,15). The molecule has 0 unspecified atom stereocenters. The molecule has 0 saturated heterocycles. The van der Waals surface area contributed by atoms with Crippen LogP contribution in [0.4, 0.5) is 13.2 Å². The van der Waals surface area contributed by atoms with E-state index in [-0.39, 0.29) is 0 Å². The number of ether oxygens (including phenoxy) is 1. The monoisotopic (exact) mass is 384 g/mol. The second kappa shape index (κ2) is 4.45. The highest BCUT2D eigenvalue weighted by molar-refractivity contribution is 14.1. The van der Waals surface area contributed by atoms with Gasteiger partial charge in [0.25, 0.3) is 10.0 Å². The first-order valence-electron chi connectivity index (χ1n) is 3.68. The number of aromatic nitrogens is 1. The Morgan fingerprint density at radius 1 is 1.47 bits per heavy atom. The molecule has 96 valence electrons. The van der Waals surface area contributed by atoms with Crippen LogP contribution in [0, 0.1) is 3.57 Å². The summed E-state index contributed by atoms with van der Waals surface area (Å²) in [4.78, 5) is 3.10. The Balaban J connectivity index is 3.48. The van der Waals surface area contributed by atoms with Crippen molar-refractivity contribution >= 4 is 32.6 Å². The van der Waals surface area contributed by atoms with E-state index in [2.05, 4.69) is 14.9 Å². The molecule has 0 saturated carbocycles. The van der Waals surface area contributed by atoms with Gasteiger partial charge in [0.2, 0.25) is 5.03 Å². The number of pyridine rings is 1. The molecule has 0 aliphatic rings. The smallest absolute Gasteiger partial charge is 0.505 e. The lowest BCUT2D eigenvalue weighted by Gasteiger charge is -2.13. The number of primary sulfonamides is 1. The van der Waals surface area contributed by atoms with Crippen molar-refractivity contribution in [2.24, 2.45) is 5.14 Å². The van der Waals surface area contributed by atoms with Gasteiger partial charge in [0.15, 0.2) is 11.5 Å². The van der Waals surface area contributed by atoms with Gasteiger partial charge in [0.05, 0.1) is 6.20 Å². The lowest BCUT2D eigenvalue weighted by Crippen LogP contribution is -2.22. The molecule has 6 nitrogen and oxygen atoms in total. The highest BCUT2D eigenvalue weighted by Crippen LogP contribution is 2.36. The quantitative estimate of drug-likeness (QED) is 0.739. The molecule has 11 heteroatoms. The van der Waals surface area contributed by atoms with Gasteiger partial charge < -0.3 is 9.84 Å². The van der Waals surface area contributed by atoms with Crippen molar-refractivity contribution in [1.29, 1.82) is 0 Å². The molecule has 0 aromatic carbocycles. The van der Waals surface area contributed by atoms with Crippen molar-refractivity contribution in [3.8, 4) is 11.5 Å². The average Bonchev–Trinajstić information content (AvgIpc) is 2.08. The minimum Gasteiger partial charge on any atom is -0.505 e. The van der Waals surface area contributed by atoms with Gasteiger partial charge in [-0.3, -0.25) is 0 Å². The van der Waals surface area contributed by atoms with Crippen LogP contribution >= 0.6 is 22.6 Å². The Labute approximate surface area is 107 Å². The lowest BCUT2D eigenvalue weighted by molar-refractivity contribution is -0.276. The van der Waals surface area contributed by atoms with Gasteiger partial charge in [-0.25, -0.2) is 18.5 Å². The summed E-state index contributed by atoms with van der Waals surface area (Å²) >= 11 is 1.28. The van der Waals surface area contributed by atoms with Crippen LogP contribution in [0.3, 0.4) is 0 Å². The maximum Gasteiger partial charge on any atom is 0.573 e. The first-order valence-corrected chi connectivity index (χ1v) is 6.31. The summed E-state index contributed by atoms with van der Waals surface area (Å²) in [5.41, 5.74) is 0. The molecule has 3 N–H and O–H groups in total. The second-order valence-electron chi connectivity index (χ2n) is 2.68. The van der Waals surface area contributed by atoms with Crippen molar-refractivity contribution in [2.75, 3.05) is 0 Å². The van der Waals surface area contributed by atoms with Crippen LogP contribution in [-0.2, 0) is 10.0 Å². The van der Waals surface area contributed by atoms with Crippen molar-refractivity contribution in [3.63, 3.8) is 0 Å². The van der Waals surface area contributed by atoms with E-state index in [4.69, 9.17) is 5.11 Å². The molecule has 1 aromatic rings. The molecule has 0 aliphatic heterocycles. The van der Waals surface area contributed by atoms with Crippen LogP contribution in [0.2, 0.25) is 0 Å². The largest absolute Gasteiger partial charge is 0.573 e. The third-order valence-electron chi connectivity index (χ3n) is 1.41. The molecule has 0 amide bonds. The fourth-order valence-corrected chi connectivity index (χ4v) is 2.14. The van der Waals surface area contributed by atoms with Crippen molar-refractivity contribution in [3.05, 3.63) is 9.77 Å². The van der Waals surface area contributed by atoms with Crippen molar-refractivity contribution in [2.45, 2.75) is 11.4 Å². The SMILES string of the molecule is NS(=O)(=O)c1ncc(O)c(I)c1OC(F)(F)F. The summed E-state index contributed by atoms with van der Waals surface area (Å²) in [6.45, 7) is 0. The van der Waals surface area contributed by atoms with Crippen LogP contribution in [0.25, 0.3) is 0 Å². The van der Waals surface area contributed by atoms with E-state index in [0.717, 1.165) is 0 Å². The molecule has 0 bridgehead atoms. The first kappa shape index (κ1) is 14.2. The Bertz CT molecular complexity index is 545. The fourth-order valence-electron chi connectivity index (χ4n) is 0.852. The zero-order valence-corrected chi connectivity index (χ0v) is 10.7. The highest BCUT2D eigenvalue weighted by atomic mass is 127. The molecule has 1 heterocycles. The number of alkyl halides is 3. The topological polar surface area (TPSA) is 103 Å². The maximum atomic E-state index is 12.1. The minimum absolute atomic E-state index is 0.459. The van der Waals surface area contributed by atoms with Gasteiger partial charge in [-0.2, -0.15) is 0 Å². The third-order valence-corrected chi connectivity index (χ3v) is 3.28. The van der Waals surface area contributed by atoms with E-state index in [0.29, 0.717) is 6.20 Å². The summed E-state index contributed by atoms with van der Waals surface area (Å²) < 4.78 is 61.1. The molecule has 0 spiro atoms.